The first kappa shape index (κ1) is 26.4. The zero-order valence-corrected chi connectivity index (χ0v) is 21.6. The molecule has 188 valence electrons. The molecule has 3 amide bonds. The monoisotopic (exact) mass is 490 g/mol. The number of piperidine rings is 1. The molecule has 3 rings (SSSR count). The molecule has 0 spiro atoms. The van der Waals surface area contributed by atoms with Crippen LogP contribution in [0.15, 0.2) is 0 Å². The number of amides is 3. The zero-order valence-electron chi connectivity index (χ0n) is 20.8. The second-order valence-corrected chi connectivity index (χ2v) is 10.7. The summed E-state index contributed by atoms with van der Waals surface area (Å²) >= 11 is 1.52. The van der Waals surface area contributed by atoms with Gasteiger partial charge in [0.2, 0.25) is 5.91 Å². The van der Waals surface area contributed by atoms with Crippen molar-refractivity contribution in [3.05, 3.63) is 16.0 Å². The number of anilines is 1. The number of rotatable bonds is 9. The lowest BCUT2D eigenvalue weighted by atomic mass is 9.74. The summed E-state index contributed by atoms with van der Waals surface area (Å²) in [5.74, 6) is -0.173. The lowest BCUT2D eigenvalue weighted by Gasteiger charge is -2.45. The number of nitrogens with one attached hydrogen (secondary N) is 1. The highest BCUT2D eigenvalue weighted by molar-refractivity contribution is 7.16. The molecule has 1 aromatic heterocycles. The second-order valence-electron chi connectivity index (χ2n) is 9.54. The van der Waals surface area contributed by atoms with Crippen LogP contribution in [0.5, 0.6) is 0 Å². The molecular weight excluding hydrogens is 452 g/mol. The molecule has 1 fully saturated rings. The Balaban J connectivity index is 1.70. The molecule has 1 aliphatic heterocycles. The first-order valence-corrected chi connectivity index (χ1v) is 12.9. The van der Waals surface area contributed by atoms with Crippen LogP contribution in [0.2, 0.25) is 0 Å². The minimum atomic E-state index is -0.350. The Morgan fingerprint density at radius 3 is 2.76 bits per heavy atom. The number of fused-ring (bicyclic) bond motifs is 2. The third kappa shape index (κ3) is 6.08. The minimum Gasteiger partial charge on any atom is -0.389 e. The standard InChI is InChI=1S/C24H38N6O3S/c1-5-33-10-9-30(24(32)27-7-6-8-28(2)3)23(31)17-11-16-12-18-19(14-25)22(26)34-21(18)13-20(16)29(4)15-17/h16-17,20H,5-13,15,26H2,1-4H3,(H,27,32)/t16-,17-,20-/m1/s1. The van der Waals surface area contributed by atoms with Gasteiger partial charge in [-0.1, -0.05) is 0 Å². The van der Waals surface area contributed by atoms with E-state index in [4.69, 9.17) is 10.5 Å². The summed E-state index contributed by atoms with van der Waals surface area (Å²) in [4.78, 5) is 33.4. The summed E-state index contributed by atoms with van der Waals surface area (Å²) in [6.45, 7) is 4.99. The predicted molar refractivity (Wildman–Crippen MR) is 134 cm³/mol. The Morgan fingerprint density at radius 2 is 2.09 bits per heavy atom. The quantitative estimate of drug-likeness (QED) is 0.507. The molecule has 0 radical (unpaired) electrons. The van der Waals surface area contributed by atoms with E-state index >= 15 is 0 Å². The molecule has 0 aromatic carbocycles. The predicted octanol–water partition coefficient (Wildman–Crippen LogP) is 1.76. The number of imide groups is 1. The van der Waals surface area contributed by atoms with Crippen molar-refractivity contribution in [2.45, 2.75) is 38.6 Å². The van der Waals surface area contributed by atoms with E-state index in [0.29, 0.717) is 49.3 Å². The van der Waals surface area contributed by atoms with Gasteiger partial charge in [-0.15, -0.1) is 11.3 Å². The number of carbonyl (C=O) groups excluding carboxylic acids is 2. The van der Waals surface area contributed by atoms with Gasteiger partial charge in [0.25, 0.3) is 0 Å². The molecule has 0 bridgehead atoms. The Bertz CT molecular complexity index is 911. The first-order valence-electron chi connectivity index (χ1n) is 12.1. The molecule has 2 aliphatic rings. The van der Waals surface area contributed by atoms with Gasteiger partial charge in [-0.05, 0) is 71.8 Å². The molecule has 1 saturated heterocycles. The van der Waals surface area contributed by atoms with E-state index in [1.54, 1.807) is 0 Å². The number of thiophene rings is 1. The van der Waals surface area contributed by atoms with Gasteiger partial charge < -0.3 is 25.6 Å². The van der Waals surface area contributed by atoms with Crippen molar-refractivity contribution in [1.82, 2.24) is 20.0 Å². The van der Waals surface area contributed by atoms with Gasteiger partial charge in [-0.25, -0.2) is 4.79 Å². The summed E-state index contributed by atoms with van der Waals surface area (Å²) in [7, 11) is 6.03. The van der Waals surface area contributed by atoms with Gasteiger partial charge in [0.1, 0.15) is 11.1 Å². The van der Waals surface area contributed by atoms with Crippen molar-refractivity contribution in [3.8, 4) is 6.07 Å². The number of hydrogen-bond donors (Lipinski definition) is 2. The van der Waals surface area contributed by atoms with Gasteiger partial charge >= 0.3 is 6.03 Å². The fraction of sp³-hybridized carbons (Fsp3) is 0.708. The molecule has 2 heterocycles. The van der Waals surface area contributed by atoms with E-state index in [1.165, 1.54) is 21.1 Å². The molecule has 3 N–H and O–H groups in total. The highest BCUT2D eigenvalue weighted by Crippen LogP contribution is 2.42. The number of hydrogen-bond acceptors (Lipinski definition) is 8. The van der Waals surface area contributed by atoms with Gasteiger partial charge in [-0.2, -0.15) is 5.26 Å². The minimum absolute atomic E-state index is 0.147. The maximum Gasteiger partial charge on any atom is 0.324 e. The van der Waals surface area contributed by atoms with Gasteiger partial charge in [0, 0.05) is 30.6 Å². The van der Waals surface area contributed by atoms with Gasteiger partial charge in [0.15, 0.2) is 0 Å². The normalized spacial score (nSPS) is 22.1. The van der Waals surface area contributed by atoms with Crippen LogP contribution in [0.4, 0.5) is 9.80 Å². The van der Waals surface area contributed by atoms with Gasteiger partial charge in [-0.3, -0.25) is 9.69 Å². The van der Waals surface area contributed by atoms with E-state index in [2.05, 4.69) is 28.2 Å². The van der Waals surface area contributed by atoms with E-state index in [-0.39, 0.29) is 30.3 Å². The number of nitrogens with two attached hydrogens (primary N) is 1. The summed E-state index contributed by atoms with van der Waals surface area (Å²) in [6.07, 6.45) is 3.12. The topological polar surface area (TPSA) is 115 Å². The van der Waals surface area contributed by atoms with Crippen molar-refractivity contribution in [2.24, 2.45) is 11.8 Å². The summed E-state index contributed by atoms with van der Waals surface area (Å²) in [5.41, 5.74) is 7.75. The number of likely N-dealkylation sites (tertiary alicyclic amines) is 1. The maximum atomic E-state index is 13.6. The first-order chi connectivity index (χ1) is 16.3. The third-order valence-electron chi connectivity index (χ3n) is 6.88. The second kappa shape index (κ2) is 12.0. The average molecular weight is 491 g/mol. The number of carbonyl (C=O) groups is 2. The van der Waals surface area contributed by atoms with Crippen LogP contribution < -0.4 is 11.1 Å². The summed E-state index contributed by atoms with van der Waals surface area (Å²) in [6, 6.07) is 2.23. The molecule has 1 aliphatic carbocycles. The van der Waals surface area contributed by atoms with Crippen LogP contribution in [0, 0.1) is 23.2 Å². The Hall–Kier alpha value is -2.19. The van der Waals surface area contributed by atoms with Crippen LogP contribution in [0.1, 0.15) is 35.8 Å². The van der Waals surface area contributed by atoms with E-state index in [1.807, 2.05) is 21.0 Å². The fourth-order valence-corrected chi connectivity index (χ4v) is 6.27. The molecule has 0 unspecified atom stereocenters. The van der Waals surface area contributed by atoms with Crippen molar-refractivity contribution < 1.29 is 14.3 Å². The third-order valence-corrected chi connectivity index (χ3v) is 7.96. The number of likely N-dealkylation sites (N-methyl/N-ethyl adjacent to an activating group) is 1. The lowest BCUT2D eigenvalue weighted by molar-refractivity contribution is -0.136. The Morgan fingerprint density at radius 1 is 1.32 bits per heavy atom. The number of ether oxygens (including phenoxy) is 1. The Labute approximate surface area is 206 Å². The SMILES string of the molecule is CCOCCN(C(=O)NCCCN(C)C)C(=O)[C@@H]1C[C@@H]2Cc3c(sc(N)c3C#N)C[C@H]2N(C)C1. The molecule has 3 atom stereocenters. The zero-order chi connectivity index (χ0) is 24.8. The highest BCUT2D eigenvalue weighted by Gasteiger charge is 2.43. The van der Waals surface area contributed by atoms with Crippen molar-refractivity contribution in [3.63, 3.8) is 0 Å². The number of nitriles is 1. The van der Waals surface area contributed by atoms with Crippen LogP contribution in [-0.2, 0) is 22.4 Å². The Kier molecular flexibility index (Phi) is 9.31. The molecular formula is C24H38N6O3S. The van der Waals surface area contributed by atoms with Gasteiger partial charge in [0.05, 0.1) is 24.6 Å². The van der Waals surface area contributed by atoms with Crippen LogP contribution in [0.25, 0.3) is 0 Å². The van der Waals surface area contributed by atoms with Crippen molar-refractivity contribution in [2.75, 3.05) is 66.3 Å². The van der Waals surface area contributed by atoms with Crippen molar-refractivity contribution in [1.29, 1.82) is 5.26 Å². The number of nitrogen functional groups attached to an aromatic ring is 1. The number of urea groups is 1. The molecule has 10 heteroatoms. The van der Waals surface area contributed by atoms with Crippen molar-refractivity contribution >= 4 is 28.3 Å². The van der Waals surface area contributed by atoms with E-state index < -0.39 is 0 Å². The van der Waals surface area contributed by atoms with Crippen LogP contribution in [-0.4, -0.2) is 93.2 Å². The molecule has 34 heavy (non-hydrogen) atoms. The molecule has 1 aromatic rings. The van der Waals surface area contributed by atoms with E-state index in [0.717, 1.165) is 31.4 Å². The fourth-order valence-electron chi connectivity index (χ4n) is 5.17. The maximum absolute atomic E-state index is 13.6. The number of nitrogens with zero attached hydrogens (tertiary/aromatic N) is 4. The molecule has 9 nitrogen and oxygen atoms in total. The van der Waals surface area contributed by atoms with E-state index in [9.17, 15) is 14.9 Å². The molecule has 0 saturated carbocycles. The summed E-state index contributed by atoms with van der Waals surface area (Å²) in [5, 5.41) is 13.1. The lowest BCUT2D eigenvalue weighted by Crippen LogP contribution is -2.56. The summed E-state index contributed by atoms with van der Waals surface area (Å²) < 4.78 is 5.45. The van der Waals surface area contributed by atoms with Crippen LogP contribution >= 0.6 is 11.3 Å². The average Bonchev–Trinajstić information content (AvgIpc) is 3.11. The highest BCUT2D eigenvalue weighted by atomic mass is 32.1. The largest absolute Gasteiger partial charge is 0.389 e. The van der Waals surface area contributed by atoms with Crippen LogP contribution in [0.3, 0.4) is 0 Å². The smallest absolute Gasteiger partial charge is 0.324 e.